The number of rotatable bonds is 3. The summed E-state index contributed by atoms with van der Waals surface area (Å²) >= 11 is 1.22. The third kappa shape index (κ3) is 2.75. The van der Waals surface area contributed by atoms with Crippen molar-refractivity contribution in [1.82, 2.24) is 0 Å². The lowest BCUT2D eigenvalue weighted by Crippen LogP contribution is -2.16. The molecule has 0 aliphatic heterocycles. The summed E-state index contributed by atoms with van der Waals surface area (Å²) in [7, 11) is 1.33. The minimum Gasteiger partial charge on any atom is -0.465 e. The summed E-state index contributed by atoms with van der Waals surface area (Å²) < 4.78 is 4.60. The molecule has 17 heavy (non-hydrogen) atoms. The maximum absolute atomic E-state index is 12.2. The number of carbonyl (C=O) groups excluding carboxylic acids is 2. The second-order valence-electron chi connectivity index (χ2n) is 4.32. The molecular weight excluding hydrogens is 236 g/mol. The van der Waals surface area contributed by atoms with E-state index in [-0.39, 0.29) is 11.7 Å². The summed E-state index contributed by atoms with van der Waals surface area (Å²) in [5.74, 6) is -0.119. The highest BCUT2D eigenvalue weighted by molar-refractivity contribution is 7.11. The van der Waals surface area contributed by atoms with Crippen LogP contribution in [0.15, 0.2) is 6.07 Å². The molecule has 3 nitrogen and oxygen atoms in total. The fourth-order valence-electron chi connectivity index (χ4n) is 2.20. The smallest absolute Gasteiger partial charge is 0.339 e. The van der Waals surface area contributed by atoms with Gasteiger partial charge in [-0.1, -0.05) is 19.3 Å². The first-order chi connectivity index (χ1) is 8.22. The maximum atomic E-state index is 12.2. The minimum absolute atomic E-state index is 0.140. The second kappa shape index (κ2) is 5.45. The molecule has 1 aromatic rings. The van der Waals surface area contributed by atoms with Crippen molar-refractivity contribution >= 4 is 23.1 Å². The van der Waals surface area contributed by atoms with Gasteiger partial charge in [-0.2, -0.15) is 0 Å². The molecule has 1 aliphatic carbocycles. The second-order valence-corrected chi connectivity index (χ2v) is 5.17. The lowest BCUT2D eigenvalue weighted by Gasteiger charge is -2.19. The SMILES string of the molecule is COC(=O)c1[c]sc(C(=O)C2CCCCC2)c1. The molecule has 4 heteroatoms. The van der Waals surface area contributed by atoms with E-state index < -0.39 is 5.97 Å². The van der Waals surface area contributed by atoms with E-state index in [4.69, 9.17) is 0 Å². The molecule has 0 bridgehead atoms. The fraction of sp³-hybridized carbons (Fsp3) is 0.538. The van der Waals surface area contributed by atoms with Gasteiger partial charge in [0.2, 0.25) is 0 Å². The minimum atomic E-state index is -0.427. The third-order valence-electron chi connectivity index (χ3n) is 3.17. The molecule has 1 fully saturated rings. The fourth-order valence-corrected chi connectivity index (χ4v) is 3.00. The number of ether oxygens (including phenoxy) is 1. The van der Waals surface area contributed by atoms with E-state index in [1.807, 2.05) is 0 Å². The van der Waals surface area contributed by atoms with Crippen LogP contribution in [-0.4, -0.2) is 18.9 Å². The number of methoxy groups -OCH3 is 1. The summed E-state index contributed by atoms with van der Waals surface area (Å²) in [5.41, 5.74) is 0.358. The van der Waals surface area contributed by atoms with E-state index in [1.54, 1.807) is 6.07 Å². The van der Waals surface area contributed by atoms with E-state index in [9.17, 15) is 9.59 Å². The highest BCUT2D eigenvalue weighted by Gasteiger charge is 2.24. The van der Waals surface area contributed by atoms with E-state index >= 15 is 0 Å². The molecule has 0 unspecified atom stereocenters. The van der Waals surface area contributed by atoms with Gasteiger partial charge in [-0.3, -0.25) is 4.79 Å². The largest absolute Gasteiger partial charge is 0.465 e. The molecule has 0 atom stereocenters. The van der Waals surface area contributed by atoms with Gasteiger partial charge in [-0.05, 0) is 18.9 Å². The Kier molecular flexibility index (Phi) is 3.94. The van der Waals surface area contributed by atoms with E-state index in [1.165, 1.54) is 24.9 Å². The van der Waals surface area contributed by atoms with Gasteiger partial charge >= 0.3 is 5.97 Å². The van der Waals surface area contributed by atoms with Gasteiger partial charge in [-0.15, -0.1) is 11.3 Å². The van der Waals surface area contributed by atoms with E-state index in [2.05, 4.69) is 10.1 Å². The molecule has 91 valence electrons. The molecule has 1 aliphatic rings. The standard InChI is InChI=1S/C13H15O3S/c1-16-13(15)10-7-11(17-8-10)12(14)9-5-3-2-4-6-9/h7,9H,2-6H2,1H3. The summed E-state index contributed by atoms with van der Waals surface area (Å²) in [6.45, 7) is 0. The van der Waals surface area contributed by atoms with Crippen molar-refractivity contribution in [2.24, 2.45) is 5.92 Å². The highest BCUT2D eigenvalue weighted by Crippen LogP contribution is 2.29. The lowest BCUT2D eigenvalue weighted by atomic mass is 9.86. The van der Waals surface area contributed by atoms with Crippen molar-refractivity contribution in [2.75, 3.05) is 7.11 Å². The van der Waals surface area contributed by atoms with Crippen molar-refractivity contribution in [2.45, 2.75) is 32.1 Å². The maximum Gasteiger partial charge on any atom is 0.339 e. The normalized spacial score (nSPS) is 16.8. The highest BCUT2D eigenvalue weighted by atomic mass is 32.1. The van der Waals surface area contributed by atoms with Gasteiger partial charge in [0.05, 0.1) is 22.9 Å². The number of esters is 1. The van der Waals surface area contributed by atoms with Crippen LogP contribution in [0.4, 0.5) is 0 Å². The van der Waals surface area contributed by atoms with Crippen molar-refractivity contribution in [3.63, 3.8) is 0 Å². The predicted octanol–water partition coefficient (Wildman–Crippen LogP) is 3.10. The van der Waals surface area contributed by atoms with Gasteiger partial charge in [0.15, 0.2) is 5.78 Å². The van der Waals surface area contributed by atoms with Gasteiger partial charge in [0, 0.05) is 5.92 Å². The van der Waals surface area contributed by atoms with Crippen LogP contribution in [0.1, 0.15) is 52.1 Å². The number of ketones is 1. The zero-order valence-electron chi connectivity index (χ0n) is 9.82. The first kappa shape index (κ1) is 12.3. The van der Waals surface area contributed by atoms with Crippen molar-refractivity contribution < 1.29 is 14.3 Å². The number of hydrogen-bond acceptors (Lipinski definition) is 4. The third-order valence-corrected chi connectivity index (χ3v) is 4.03. The number of carbonyl (C=O) groups is 2. The monoisotopic (exact) mass is 251 g/mol. The van der Waals surface area contributed by atoms with Crippen LogP contribution in [0.5, 0.6) is 0 Å². The Morgan fingerprint density at radius 1 is 1.35 bits per heavy atom. The van der Waals surface area contributed by atoms with E-state index in [0.29, 0.717) is 10.4 Å². The molecule has 2 rings (SSSR count). The average Bonchev–Trinajstić information content (AvgIpc) is 2.87. The summed E-state index contributed by atoms with van der Waals surface area (Å²) in [6, 6.07) is 1.60. The molecule has 1 radical (unpaired) electrons. The Balaban J connectivity index is 2.08. The van der Waals surface area contributed by atoms with Crippen LogP contribution in [-0.2, 0) is 4.74 Å². The van der Waals surface area contributed by atoms with Crippen molar-refractivity contribution in [3.8, 4) is 0 Å². The van der Waals surface area contributed by atoms with Crippen molar-refractivity contribution in [3.05, 3.63) is 21.9 Å². The van der Waals surface area contributed by atoms with Gasteiger partial charge in [0.1, 0.15) is 0 Å². The molecule has 1 saturated carbocycles. The Labute approximate surface area is 105 Å². The average molecular weight is 251 g/mol. The van der Waals surface area contributed by atoms with E-state index in [0.717, 1.165) is 25.7 Å². The van der Waals surface area contributed by atoms with Gasteiger partial charge < -0.3 is 4.74 Å². The Morgan fingerprint density at radius 2 is 2.06 bits per heavy atom. The lowest BCUT2D eigenvalue weighted by molar-refractivity contribution is 0.0601. The molecule has 0 saturated heterocycles. The first-order valence-electron chi connectivity index (χ1n) is 5.86. The molecule has 1 aromatic heterocycles. The molecular formula is C13H15O3S. The Hall–Kier alpha value is -1.16. The topological polar surface area (TPSA) is 43.4 Å². The Morgan fingerprint density at radius 3 is 2.71 bits per heavy atom. The van der Waals surface area contributed by atoms with Gasteiger partial charge in [-0.25, -0.2) is 4.79 Å². The predicted molar refractivity (Wildman–Crippen MR) is 65.4 cm³/mol. The number of hydrogen-bond donors (Lipinski definition) is 0. The van der Waals surface area contributed by atoms with Crippen LogP contribution < -0.4 is 0 Å². The Bertz CT molecular complexity index is 416. The van der Waals surface area contributed by atoms with Crippen LogP contribution in [0.25, 0.3) is 0 Å². The van der Waals surface area contributed by atoms with Crippen LogP contribution >= 0.6 is 11.3 Å². The molecule has 0 aromatic carbocycles. The summed E-state index contributed by atoms with van der Waals surface area (Å²) in [6.07, 6.45) is 5.45. The molecule has 0 amide bonds. The molecule has 0 N–H and O–H groups in total. The van der Waals surface area contributed by atoms with Crippen LogP contribution in [0.2, 0.25) is 0 Å². The number of thiophene rings is 1. The first-order valence-corrected chi connectivity index (χ1v) is 6.68. The van der Waals surface area contributed by atoms with Crippen LogP contribution in [0, 0.1) is 11.3 Å². The molecule has 0 spiro atoms. The van der Waals surface area contributed by atoms with Crippen LogP contribution in [0.3, 0.4) is 0 Å². The van der Waals surface area contributed by atoms with Gasteiger partial charge in [0.25, 0.3) is 0 Å². The summed E-state index contributed by atoms with van der Waals surface area (Å²) in [5, 5.41) is 2.82. The quantitative estimate of drug-likeness (QED) is 0.612. The van der Waals surface area contributed by atoms with Crippen molar-refractivity contribution in [1.29, 1.82) is 0 Å². The zero-order valence-corrected chi connectivity index (χ0v) is 10.6. The number of Topliss-reactive ketones (excluding diaryl/α,β-unsaturated/α-hetero) is 1. The summed E-state index contributed by atoms with van der Waals surface area (Å²) in [4.78, 5) is 24.1. The zero-order chi connectivity index (χ0) is 12.3. The molecule has 1 heterocycles.